The molecule has 0 spiro atoms. The summed E-state index contributed by atoms with van der Waals surface area (Å²) in [6.45, 7) is 0.718. The summed E-state index contributed by atoms with van der Waals surface area (Å²) in [6, 6.07) is -0.745. The molecule has 1 heterocycles. The first kappa shape index (κ1) is 24.6. The average Bonchev–Trinajstić information content (AvgIpc) is 2.59. The van der Waals surface area contributed by atoms with Crippen LogP contribution in [0.15, 0.2) is 0 Å². The molecule has 1 saturated heterocycles. The fraction of sp³-hybridized carbons (Fsp3) is 0.812. The summed E-state index contributed by atoms with van der Waals surface area (Å²) in [5, 5.41) is 55.8. The van der Waals surface area contributed by atoms with Gasteiger partial charge in [-0.1, -0.05) is 0 Å². The first-order valence-corrected chi connectivity index (χ1v) is 11.2. The van der Waals surface area contributed by atoms with Crippen molar-refractivity contribution in [2.24, 2.45) is 0 Å². The molecule has 1 aliphatic heterocycles. The first-order valence-electron chi connectivity index (χ1n) is 9.02. The van der Waals surface area contributed by atoms with Crippen LogP contribution in [0.4, 0.5) is 0 Å². The molecule has 0 amide bonds. The third-order valence-corrected chi connectivity index (χ3v) is 9.14. The van der Waals surface area contributed by atoms with Gasteiger partial charge >= 0.3 is 17.9 Å². The van der Waals surface area contributed by atoms with Crippen molar-refractivity contribution >= 4 is 27.9 Å². The van der Waals surface area contributed by atoms with Crippen molar-refractivity contribution in [2.75, 3.05) is 56.7 Å². The number of carboxylic acid groups (broad SMARTS) is 3. The van der Waals surface area contributed by atoms with Crippen molar-refractivity contribution in [2.45, 2.75) is 23.8 Å². The molecule has 0 aromatic carbocycles. The van der Waals surface area contributed by atoms with Gasteiger partial charge in [0.1, 0.15) is 0 Å². The zero-order valence-electron chi connectivity index (χ0n) is 15.7. The molecule has 0 saturated carbocycles. The average molecular weight is 426 g/mol. The molecular weight excluding hydrogens is 394 g/mol. The Labute approximate surface area is 164 Å². The number of nitrogens with one attached hydrogen (secondary N) is 3. The number of hydrogen-bond acceptors (Lipinski definition) is 8. The van der Waals surface area contributed by atoms with Gasteiger partial charge in [0.15, 0.2) is 0 Å². The van der Waals surface area contributed by atoms with Gasteiger partial charge in [-0.25, -0.2) is 10.0 Å². The van der Waals surface area contributed by atoms with E-state index in [4.69, 9.17) is 0 Å². The van der Waals surface area contributed by atoms with Crippen LogP contribution in [0.2, 0.25) is 0 Å². The quantitative estimate of drug-likeness (QED) is 0.202. The van der Waals surface area contributed by atoms with Crippen LogP contribution >= 0.6 is 10.0 Å². The number of aliphatic carboxylic acids is 3. The van der Waals surface area contributed by atoms with E-state index in [0.717, 1.165) is 0 Å². The van der Waals surface area contributed by atoms with Gasteiger partial charge in [0.2, 0.25) is 0 Å². The molecule has 164 valence electrons. The lowest BCUT2D eigenvalue weighted by molar-refractivity contribution is -0.137. The fourth-order valence-electron chi connectivity index (χ4n) is 3.31. The smallest absolute Gasteiger partial charge is 0.311 e. The molecule has 12 heteroatoms. The predicted molar refractivity (Wildman–Crippen MR) is 104 cm³/mol. The largest absolute Gasteiger partial charge is 0.481 e. The third kappa shape index (κ3) is 8.29. The van der Waals surface area contributed by atoms with Gasteiger partial charge in [-0.2, -0.15) is 0 Å². The zero-order chi connectivity index (χ0) is 21.2. The fourth-order valence-corrected chi connectivity index (χ4v) is 6.96. The molecule has 3 atom stereocenters. The maximum Gasteiger partial charge on any atom is 0.311 e. The van der Waals surface area contributed by atoms with E-state index in [1.165, 1.54) is 0 Å². The highest BCUT2D eigenvalue weighted by atomic mass is 32.3. The van der Waals surface area contributed by atoms with Gasteiger partial charge in [-0.05, 0) is 5.75 Å². The van der Waals surface area contributed by atoms with E-state index in [9.17, 15) is 39.9 Å². The monoisotopic (exact) mass is 425 g/mol. The summed E-state index contributed by atoms with van der Waals surface area (Å²) in [6.07, 6.45) is -0.363. The van der Waals surface area contributed by atoms with Gasteiger partial charge in [0, 0.05) is 43.5 Å². The van der Waals surface area contributed by atoms with E-state index in [-0.39, 0.29) is 44.5 Å². The van der Waals surface area contributed by atoms with E-state index < -0.39 is 50.7 Å². The van der Waals surface area contributed by atoms with E-state index in [2.05, 4.69) is 16.0 Å². The minimum atomic E-state index is -2.41. The topological polar surface area (TPSA) is 188 Å². The maximum absolute atomic E-state index is 11.6. The van der Waals surface area contributed by atoms with Crippen molar-refractivity contribution in [1.29, 1.82) is 0 Å². The Balaban J connectivity index is 3.25. The van der Waals surface area contributed by atoms with Crippen LogP contribution in [0.5, 0.6) is 0 Å². The first-order chi connectivity index (χ1) is 13.2. The number of aliphatic hydroxyl groups is 2. The molecule has 3 unspecified atom stereocenters. The van der Waals surface area contributed by atoms with E-state index in [1.807, 2.05) is 0 Å². The zero-order valence-corrected chi connectivity index (χ0v) is 16.5. The Morgan fingerprint density at radius 3 is 1.82 bits per heavy atom. The highest BCUT2D eigenvalue weighted by molar-refractivity contribution is 8.35. The Morgan fingerprint density at radius 1 is 0.821 bits per heavy atom. The Morgan fingerprint density at radius 2 is 1.36 bits per heavy atom. The highest BCUT2D eigenvalue weighted by Crippen LogP contribution is 2.53. The van der Waals surface area contributed by atoms with Crippen LogP contribution in [0.1, 0.15) is 6.42 Å². The Hall–Kier alpha value is -1.44. The van der Waals surface area contributed by atoms with Crippen LogP contribution < -0.4 is 16.0 Å². The van der Waals surface area contributed by atoms with Crippen LogP contribution in [0.25, 0.3) is 0 Å². The van der Waals surface area contributed by atoms with E-state index in [0.29, 0.717) is 13.1 Å². The van der Waals surface area contributed by atoms with Crippen molar-refractivity contribution in [1.82, 2.24) is 16.0 Å². The minimum Gasteiger partial charge on any atom is -0.481 e. The molecule has 0 aromatic heterocycles. The number of rotatable bonds is 8. The second-order valence-corrected chi connectivity index (χ2v) is 10.8. The van der Waals surface area contributed by atoms with Crippen molar-refractivity contribution < 1.29 is 39.9 Å². The summed E-state index contributed by atoms with van der Waals surface area (Å²) in [5.41, 5.74) is 0. The molecular formula is C16H31N3O8S. The second-order valence-electron chi connectivity index (χ2n) is 6.89. The van der Waals surface area contributed by atoms with Crippen molar-refractivity contribution in [3.63, 3.8) is 0 Å². The number of carboxylic acids is 3. The van der Waals surface area contributed by atoms with Crippen LogP contribution in [0.3, 0.4) is 0 Å². The molecule has 0 aliphatic carbocycles. The molecule has 1 fully saturated rings. The van der Waals surface area contributed by atoms with Gasteiger partial charge in [-0.3, -0.25) is 14.4 Å². The normalized spacial score (nSPS) is 27.7. The van der Waals surface area contributed by atoms with E-state index in [1.54, 1.807) is 0 Å². The molecule has 0 radical (unpaired) electrons. The number of aliphatic hydroxyl groups excluding tert-OH is 2. The maximum atomic E-state index is 11.6. The highest BCUT2D eigenvalue weighted by Gasteiger charge is 2.39. The summed E-state index contributed by atoms with van der Waals surface area (Å²) in [5.74, 6) is -4.09. The number of hydrogen-bond donors (Lipinski definition) is 8. The minimum absolute atomic E-state index is 0.0958. The van der Waals surface area contributed by atoms with Crippen LogP contribution in [-0.4, -0.2) is 117 Å². The lowest BCUT2D eigenvalue weighted by Crippen LogP contribution is -2.52. The molecule has 28 heavy (non-hydrogen) atoms. The van der Waals surface area contributed by atoms with Gasteiger partial charge in [0.05, 0.1) is 31.1 Å². The van der Waals surface area contributed by atoms with Gasteiger partial charge < -0.3 is 41.5 Å². The summed E-state index contributed by atoms with van der Waals surface area (Å²) < 4.78 is 0. The molecule has 8 N–H and O–H groups in total. The number of carbonyl (C=O) groups is 3. The molecule has 1 rings (SSSR count). The molecule has 1 aliphatic rings. The molecule has 0 aromatic rings. The Bertz CT molecular complexity index is 520. The SMILES string of the molecule is O=C(O)CC1CNC(CO)CNCC(CO)NCCS1(CC(=O)O)CC(=O)O. The summed E-state index contributed by atoms with van der Waals surface area (Å²) in [7, 11) is -2.41. The summed E-state index contributed by atoms with van der Waals surface area (Å²) >= 11 is 0. The lowest BCUT2D eigenvalue weighted by Gasteiger charge is -2.45. The van der Waals surface area contributed by atoms with Gasteiger partial charge in [0.25, 0.3) is 0 Å². The predicted octanol–water partition coefficient (Wildman–Crippen LogP) is -2.69. The lowest BCUT2D eigenvalue weighted by atomic mass is 10.2. The van der Waals surface area contributed by atoms with Crippen molar-refractivity contribution in [3.05, 3.63) is 0 Å². The third-order valence-electron chi connectivity index (χ3n) is 4.73. The van der Waals surface area contributed by atoms with Gasteiger partial charge in [-0.15, -0.1) is 0 Å². The van der Waals surface area contributed by atoms with Crippen LogP contribution in [-0.2, 0) is 14.4 Å². The standard InChI is InChI=1S/C16H31N3O8S/c20-7-11-4-17-5-12(8-21)19-6-13(3-14(22)23)28(2-1-18-11,9-15(24)25)10-16(26)27/h11-13,17-21H,1-10H2,(H,22,23)(H,24,25)(H,26,27). The second kappa shape index (κ2) is 12.2. The van der Waals surface area contributed by atoms with Crippen molar-refractivity contribution in [3.8, 4) is 0 Å². The Kier molecular flexibility index (Phi) is 10.7. The molecule has 0 bridgehead atoms. The molecule has 11 nitrogen and oxygen atoms in total. The van der Waals surface area contributed by atoms with Crippen LogP contribution in [0, 0.1) is 0 Å². The van der Waals surface area contributed by atoms with E-state index >= 15 is 0 Å². The summed E-state index contributed by atoms with van der Waals surface area (Å²) in [4.78, 5) is 34.5.